The number of ether oxygens (including phenoxy) is 2. The van der Waals surface area contributed by atoms with Gasteiger partial charge in [-0.2, -0.15) is 0 Å². The highest BCUT2D eigenvalue weighted by Gasteiger charge is 2.34. The molecule has 0 saturated carbocycles. The summed E-state index contributed by atoms with van der Waals surface area (Å²) in [5, 5.41) is 8.31. The summed E-state index contributed by atoms with van der Waals surface area (Å²) in [6.07, 6.45) is 16.3. The van der Waals surface area contributed by atoms with Crippen molar-refractivity contribution in [2.75, 3.05) is 33.7 Å². The van der Waals surface area contributed by atoms with E-state index in [2.05, 4.69) is 65.8 Å². The molecule has 0 fully saturated rings. The molecule has 3 N–H and O–H groups in total. The largest absolute Gasteiger partial charge is 0.425 e. The van der Waals surface area contributed by atoms with Crippen LogP contribution in [-0.2, 0) is 36.8 Å². The molecule has 4 aliphatic carbocycles. The third-order valence-corrected chi connectivity index (χ3v) is 14.2. The van der Waals surface area contributed by atoms with Crippen molar-refractivity contribution in [2.24, 2.45) is 5.92 Å². The zero-order valence-electron chi connectivity index (χ0n) is 43.5. The van der Waals surface area contributed by atoms with Crippen LogP contribution >= 0.6 is 0 Å². The lowest BCUT2D eigenvalue weighted by Gasteiger charge is -2.38. The summed E-state index contributed by atoms with van der Waals surface area (Å²) in [6.45, 7) is 19.5. The fourth-order valence-electron chi connectivity index (χ4n) is 10.2. The number of nitrogens with zero attached hydrogens (tertiary/aromatic N) is 2. The molecule has 12 heteroatoms. The number of carbonyl (C=O) groups is 5. The zero-order chi connectivity index (χ0) is 49.9. The van der Waals surface area contributed by atoms with Crippen molar-refractivity contribution in [3.8, 4) is 11.5 Å². The second-order valence-corrected chi connectivity index (χ2v) is 19.0. The van der Waals surface area contributed by atoms with Gasteiger partial charge in [0, 0.05) is 46.5 Å². The van der Waals surface area contributed by atoms with Crippen molar-refractivity contribution in [2.45, 2.75) is 189 Å². The minimum absolute atomic E-state index is 0. The van der Waals surface area contributed by atoms with E-state index < -0.39 is 24.0 Å². The van der Waals surface area contributed by atoms with Crippen LogP contribution < -0.4 is 25.4 Å². The van der Waals surface area contributed by atoms with Gasteiger partial charge in [0.05, 0.1) is 0 Å². The van der Waals surface area contributed by atoms with E-state index in [4.69, 9.17) is 9.47 Å². The second kappa shape index (κ2) is 28.0. The predicted octanol–water partition coefficient (Wildman–Crippen LogP) is 11.0. The third kappa shape index (κ3) is 15.6. The van der Waals surface area contributed by atoms with Crippen molar-refractivity contribution in [3.05, 3.63) is 69.8 Å². The van der Waals surface area contributed by atoms with Gasteiger partial charge in [0.1, 0.15) is 23.6 Å². The molecule has 0 heterocycles. The molecule has 6 rings (SSSR count). The lowest BCUT2D eigenvalue weighted by molar-refractivity contribution is -0.140. The predicted molar refractivity (Wildman–Crippen MR) is 285 cm³/mol. The number of hydrogen-bond acceptors (Lipinski definition) is 9. The molecule has 12 nitrogen and oxygen atoms in total. The van der Waals surface area contributed by atoms with Crippen molar-refractivity contribution in [3.63, 3.8) is 0 Å². The van der Waals surface area contributed by atoms with Crippen LogP contribution in [0.4, 0.5) is 0 Å². The molecule has 0 bridgehead atoms. The third-order valence-electron chi connectivity index (χ3n) is 14.2. The molecule has 4 aliphatic rings. The monoisotopic (exact) mass is 950 g/mol. The van der Waals surface area contributed by atoms with Crippen molar-refractivity contribution in [1.29, 1.82) is 0 Å². The normalized spacial score (nSPS) is 18.4. The van der Waals surface area contributed by atoms with E-state index >= 15 is 0 Å². The molecule has 386 valence electrons. The lowest BCUT2D eigenvalue weighted by atomic mass is 9.75. The number of unbranched alkanes of at least 4 members (excludes halogenated alkanes) is 3. The maximum atomic E-state index is 13.0. The second-order valence-electron chi connectivity index (χ2n) is 19.0. The Bertz CT molecular complexity index is 2120. The smallest absolute Gasteiger partial charge is 0.334 e. The Morgan fingerprint density at radius 3 is 1.57 bits per heavy atom. The molecule has 2 aromatic carbocycles. The molecule has 0 radical (unpaired) electrons. The van der Waals surface area contributed by atoms with Gasteiger partial charge >= 0.3 is 11.9 Å². The van der Waals surface area contributed by atoms with E-state index in [1.165, 1.54) is 79.9 Å². The van der Waals surface area contributed by atoms with Gasteiger partial charge in [0.25, 0.3) is 0 Å². The van der Waals surface area contributed by atoms with E-state index in [1.54, 1.807) is 11.1 Å². The van der Waals surface area contributed by atoms with Crippen molar-refractivity contribution in [1.82, 2.24) is 25.8 Å². The SMILES string of the molecule is CC.CCN(C)[C@H]1Cc2ccc(OC(=O)[C@H](CCCCCCNC(C)=O)NC(C)=O)cc2C2=C1CCCC2.CC[C@@H](C)[C@@H](NC(C)=O)C(=O)Oc1ccc2c(c1)C1=C(CCCC1)[C@@H](N(C)CC)C2.[HH].[HH].[HH].[HH].[HH]. The molecule has 2 aromatic rings. The number of fused-ring (bicyclic) bond motifs is 4. The van der Waals surface area contributed by atoms with Crippen LogP contribution in [0.25, 0.3) is 11.1 Å². The van der Waals surface area contributed by atoms with E-state index in [-0.39, 0.29) is 30.8 Å². The van der Waals surface area contributed by atoms with Crippen molar-refractivity contribution < 1.29 is 40.6 Å². The minimum atomic E-state index is -0.666. The van der Waals surface area contributed by atoms with Crippen molar-refractivity contribution >= 4 is 40.8 Å². The maximum Gasteiger partial charge on any atom is 0.334 e. The quantitative estimate of drug-likeness (QED) is 0.0711. The summed E-state index contributed by atoms with van der Waals surface area (Å²) in [5.41, 5.74) is 11.1. The Morgan fingerprint density at radius 1 is 0.647 bits per heavy atom. The molecular weight excluding hydrogens is 855 g/mol. The fraction of sp³-hybridized carbons (Fsp3) is 0.625. The molecule has 68 heavy (non-hydrogen) atoms. The number of carbonyl (C=O) groups excluding carboxylic acids is 5. The first-order valence-corrected chi connectivity index (χ1v) is 26.0. The highest BCUT2D eigenvalue weighted by molar-refractivity contribution is 5.86. The van der Waals surface area contributed by atoms with E-state index in [9.17, 15) is 24.0 Å². The summed E-state index contributed by atoms with van der Waals surface area (Å²) >= 11 is 0. The molecule has 0 spiro atoms. The Hall–Kier alpha value is -4.81. The Labute approximate surface area is 416 Å². The molecular formula is C56H95N5O7. The summed E-state index contributed by atoms with van der Waals surface area (Å²) < 4.78 is 11.6. The van der Waals surface area contributed by atoms with Gasteiger partial charge < -0.3 is 25.4 Å². The van der Waals surface area contributed by atoms with Crippen LogP contribution in [0.5, 0.6) is 11.5 Å². The first kappa shape index (κ1) is 55.8. The van der Waals surface area contributed by atoms with Gasteiger partial charge in [-0.1, -0.05) is 79.4 Å². The Morgan fingerprint density at radius 2 is 1.12 bits per heavy atom. The zero-order valence-corrected chi connectivity index (χ0v) is 43.5. The number of amides is 3. The number of esters is 2. The van der Waals surface area contributed by atoms with Crippen LogP contribution in [0.15, 0.2) is 47.5 Å². The molecule has 3 amide bonds. The fourth-order valence-corrected chi connectivity index (χ4v) is 10.2. The average Bonchev–Trinajstić information content (AvgIpc) is 3.34. The lowest BCUT2D eigenvalue weighted by Crippen LogP contribution is -2.46. The van der Waals surface area contributed by atoms with Crippen LogP contribution in [0.1, 0.15) is 182 Å². The highest BCUT2D eigenvalue weighted by Crippen LogP contribution is 2.44. The molecule has 0 saturated heterocycles. The number of benzene rings is 2. The Balaban J connectivity index is 0. The molecule has 0 aromatic heterocycles. The minimum Gasteiger partial charge on any atom is -0.425 e. The summed E-state index contributed by atoms with van der Waals surface area (Å²) in [7, 11) is 4.41. The summed E-state index contributed by atoms with van der Waals surface area (Å²) in [4.78, 5) is 65.0. The van der Waals surface area contributed by atoms with Crippen LogP contribution in [0.2, 0.25) is 0 Å². The topological polar surface area (TPSA) is 146 Å². The number of hydrogen-bond donors (Lipinski definition) is 3. The van der Waals surface area contributed by atoms with E-state index in [0.29, 0.717) is 36.5 Å². The first-order chi connectivity index (χ1) is 32.6. The highest BCUT2D eigenvalue weighted by atomic mass is 16.5. The van der Waals surface area contributed by atoms with Gasteiger partial charge in [-0.15, -0.1) is 0 Å². The number of allylic oxidation sites excluding steroid dienone is 2. The summed E-state index contributed by atoms with van der Waals surface area (Å²) in [5.74, 6) is -0.160. The van der Waals surface area contributed by atoms with Gasteiger partial charge in [0.15, 0.2) is 0 Å². The van der Waals surface area contributed by atoms with Crippen LogP contribution in [0, 0.1) is 5.92 Å². The van der Waals surface area contributed by atoms with E-state index in [1.807, 2.05) is 52.0 Å². The van der Waals surface area contributed by atoms with E-state index in [0.717, 1.165) is 83.7 Å². The number of rotatable bonds is 19. The molecule has 0 unspecified atom stereocenters. The Kier molecular flexibility index (Phi) is 23.0. The average molecular weight is 950 g/mol. The van der Waals surface area contributed by atoms with Gasteiger partial charge in [0.2, 0.25) is 17.7 Å². The maximum absolute atomic E-state index is 13.0. The number of likely N-dealkylation sites (N-methyl/N-ethyl adjacent to an activating group) is 2. The number of nitrogens with one attached hydrogen (secondary N) is 3. The molecule has 5 atom stereocenters. The van der Waals surface area contributed by atoms with Gasteiger partial charge in [-0.05, 0) is 179 Å². The first-order valence-electron chi connectivity index (χ1n) is 26.0. The molecule has 0 aliphatic heterocycles. The van der Waals surface area contributed by atoms with Crippen LogP contribution in [-0.4, -0.2) is 97.4 Å². The van der Waals surface area contributed by atoms with Crippen LogP contribution in [0.3, 0.4) is 0 Å². The van der Waals surface area contributed by atoms with Gasteiger partial charge in [-0.25, -0.2) is 9.59 Å². The summed E-state index contributed by atoms with van der Waals surface area (Å²) in [6, 6.07) is 11.7. The van der Waals surface area contributed by atoms with Gasteiger partial charge in [-0.3, -0.25) is 24.2 Å². The standard InChI is InChI=1S/C29H43N3O4.C25H36N2O3.C2H6.5H2/c1-5-32(4)28-18-22-15-16-23(19-26(22)24-12-9-10-13-25(24)28)36-29(35)27(31-21(3)34)14-8-6-7-11-17-30-20(2)33;1-6-16(3)24(26-17(4)28)25(29)30-19-13-12-18-14-23(27(5)7-2)21-11-9-8-10-20(21)22(18)15-19;1-2;;;;;/h15-16,19,27-28H,5-14,17-18H2,1-4H3,(H,30,33)(H,31,34);12-13,15-16,23-24H,6-11,14H2,1-5H3,(H,26,28);1-2H3;5*1H/t27-,28-;16-,23+,24-;;;;;;/m01....../s1.